The maximum Gasteiger partial charge on any atom is 0.254 e. The van der Waals surface area contributed by atoms with Crippen molar-refractivity contribution in [3.05, 3.63) is 34.6 Å². The molecule has 1 aromatic carbocycles. The van der Waals surface area contributed by atoms with Crippen LogP contribution in [0.25, 0.3) is 0 Å². The predicted octanol–water partition coefficient (Wildman–Crippen LogP) is 3.26. The Labute approximate surface area is 97.6 Å². The molecule has 0 heterocycles. The Kier molecular flexibility index (Phi) is 5.09. The van der Waals surface area contributed by atoms with Crippen LogP contribution in [0.4, 0.5) is 13.2 Å². The van der Waals surface area contributed by atoms with E-state index in [4.69, 9.17) is 11.6 Å². The fraction of sp³-hybridized carbons (Fsp3) is 0.455. The Morgan fingerprint density at radius 1 is 1.38 bits per heavy atom. The van der Waals surface area contributed by atoms with Crippen molar-refractivity contribution < 1.29 is 13.2 Å². The molecule has 0 saturated carbocycles. The molecule has 0 radical (unpaired) electrons. The van der Waals surface area contributed by atoms with Crippen molar-refractivity contribution in [2.75, 3.05) is 6.54 Å². The van der Waals surface area contributed by atoms with Gasteiger partial charge < -0.3 is 5.32 Å². The highest BCUT2D eigenvalue weighted by Crippen LogP contribution is 2.20. The summed E-state index contributed by atoms with van der Waals surface area (Å²) in [6, 6.07) is 2.83. The third-order valence-corrected chi connectivity index (χ3v) is 2.58. The smallest absolute Gasteiger partial charge is 0.254 e. The van der Waals surface area contributed by atoms with Crippen LogP contribution in [0.1, 0.15) is 12.5 Å². The summed E-state index contributed by atoms with van der Waals surface area (Å²) in [5.74, 6) is -0.467. The average molecular weight is 252 g/mol. The molecule has 0 spiro atoms. The summed E-state index contributed by atoms with van der Waals surface area (Å²) in [7, 11) is 0. The summed E-state index contributed by atoms with van der Waals surface area (Å²) in [6.45, 7) is 2.20. The molecule has 0 aliphatic carbocycles. The van der Waals surface area contributed by atoms with Crippen LogP contribution in [-0.4, -0.2) is 19.0 Å². The quantitative estimate of drug-likeness (QED) is 0.847. The van der Waals surface area contributed by atoms with Gasteiger partial charge in [0.15, 0.2) is 0 Å². The number of rotatable bonds is 5. The van der Waals surface area contributed by atoms with E-state index in [-0.39, 0.29) is 11.4 Å². The largest absolute Gasteiger partial charge is 0.309 e. The molecule has 5 heteroatoms. The van der Waals surface area contributed by atoms with Gasteiger partial charge in [0.1, 0.15) is 5.82 Å². The second kappa shape index (κ2) is 6.11. The highest BCUT2D eigenvalue weighted by Gasteiger charge is 2.20. The van der Waals surface area contributed by atoms with E-state index in [2.05, 4.69) is 5.32 Å². The van der Waals surface area contributed by atoms with E-state index in [0.29, 0.717) is 12.1 Å². The molecule has 1 rings (SSSR count). The number of halogens is 4. The van der Waals surface area contributed by atoms with Gasteiger partial charge in [0, 0.05) is 5.02 Å². The van der Waals surface area contributed by atoms with Crippen LogP contribution in [0.3, 0.4) is 0 Å². The van der Waals surface area contributed by atoms with Gasteiger partial charge in [-0.05, 0) is 30.7 Å². The van der Waals surface area contributed by atoms with E-state index < -0.39 is 18.3 Å². The molecule has 0 saturated heterocycles. The van der Waals surface area contributed by atoms with E-state index in [1.54, 1.807) is 6.92 Å². The number of likely N-dealkylation sites (N-methyl/N-ethyl adjacent to an activating group) is 1. The molecule has 0 bridgehead atoms. The van der Waals surface area contributed by atoms with Crippen LogP contribution < -0.4 is 5.32 Å². The minimum absolute atomic E-state index is 0.0879. The first-order valence-corrected chi connectivity index (χ1v) is 5.37. The Hall–Kier alpha value is -0.740. The fourth-order valence-corrected chi connectivity index (χ4v) is 1.68. The van der Waals surface area contributed by atoms with Crippen molar-refractivity contribution in [3.63, 3.8) is 0 Å². The van der Waals surface area contributed by atoms with Gasteiger partial charge in [-0.1, -0.05) is 24.6 Å². The molecule has 1 nitrogen and oxygen atoms in total. The lowest BCUT2D eigenvalue weighted by atomic mass is 10.1. The fourth-order valence-electron chi connectivity index (χ4n) is 1.44. The van der Waals surface area contributed by atoms with E-state index in [1.165, 1.54) is 12.1 Å². The molecule has 1 aromatic rings. The van der Waals surface area contributed by atoms with Crippen LogP contribution in [0.2, 0.25) is 5.02 Å². The summed E-state index contributed by atoms with van der Waals surface area (Å²) in [4.78, 5) is 0. The summed E-state index contributed by atoms with van der Waals surface area (Å²) in [5, 5.41) is 2.85. The molecular weight excluding hydrogens is 239 g/mol. The predicted molar refractivity (Wildman–Crippen MR) is 58.6 cm³/mol. The minimum atomic E-state index is -2.47. The minimum Gasteiger partial charge on any atom is -0.309 e. The number of nitrogens with one attached hydrogen (secondary N) is 1. The van der Waals surface area contributed by atoms with E-state index in [0.717, 1.165) is 6.07 Å². The second-order valence-corrected chi connectivity index (χ2v) is 3.85. The zero-order chi connectivity index (χ0) is 12.1. The first-order chi connectivity index (χ1) is 7.54. The molecule has 1 N–H and O–H groups in total. The van der Waals surface area contributed by atoms with Gasteiger partial charge >= 0.3 is 0 Å². The Bertz CT molecular complexity index is 344. The first-order valence-electron chi connectivity index (χ1n) is 5.00. The lowest BCUT2D eigenvalue weighted by molar-refractivity contribution is 0.0991. The standard InChI is InChI=1S/C11H13ClF3N/c1-2-16-10(11(14)15)5-7-3-4-8(13)6-9(7)12/h3-4,6,10-11,16H,2,5H2,1H3. The number of alkyl halides is 2. The molecule has 0 aromatic heterocycles. The van der Waals surface area contributed by atoms with Gasteiger partial charge in [0.2, 0.25) is 0 Å². The van der Waals surface area contributed by atoms with Crippen molar-refractivity contribution in [1.82, 2.24) is 5.32 Å². The van der Waals surface area contributed by atoms with Crippen LogP contribution in [0.5, 0.6) is 0 Å². The third kappa shape index (κ3) is 3.68. The average Bonchev–Trinajstić information content (AvgIpc) is 2.20. The summed E-state index contributed by atoms with van der Waals surface area (Å²) < 4.78 is 37.9. The van der Waals surface area contributed by atoms with Crippen molar-refractivity contribution in [1.29, 1.82) is 0 Å². The summed E-state index contributed by atoms with van der Waals surface area (Å²) in [5.41, 5.74) is 0.523. The lowest BCUT2D eigenvalue weighted by Gasteiger charge is -2.17. The van der Waals surface area contributed by atoms with Crippen molar-refractivity contribution in [2.45, 2.75) is 25.8 Å². The lowest BCUT2D eigenvalue weighted by Crippen LogP contribution is -2.37. The first kappa shape index (κ1) is 13.3. The molecular formula is C11H13ClF3N. The SMILES string of the molecule is CCNC(Cc1ccc(F)cc1Cl)C(F)F. The van der Waals surface area contributed by atoms with Gasteiger partial charge in [-0.2, -0.15) is 0 Å². The van der Waals surface area contributed by atoms with Crippen LogP contribution >= 0.6 is 11.6 Å². The maximum atomic E-state index is 12.7. The number of benzene rings is 1. The van der Waals surface area contributed by atoms with Crippen molar-refractivity contribution in [2.24, 2.45) is 0 Å². The van der Waals surface area contributed by atoms with Gasteiger partial charge in [-0.25, -0.2) is 13.2 Å². The second-order valence-electron chi connectivity index (χ2n) is 3.44. The molecule has 90 valence electrons. The van der Waals surface area contributed by atoms with Crippen LogP contribution in [0.15, 0.2) is 18.2 Å². The van der Waals surface area contributed by atoms with Crippen LogP contribution in [-0.2, 0) is 6.42 Å². The van der Waals surface area contributed by atoms with E-state index >= 15 is 0 Å². The normalized spacial score (nSPS) is 13.1. The van der Waals surface area contributed by atoms with Gasteiger partial charge in [-0.15, -0.1) is 0 Å². The maximum absolute atomic E-state index is 12.7. The highest BCUT2D eigenvalue weighted by atomic mass is 35.5. The Morgan fingerprint density at radius 2 is 2.06 bits per heavy atom. The zero-order valence-corrected chi connectivity index (χ0v) is 9.57. The summed E-state index contributed by atoms with van der Waals surface area (Å²) >= 11 is 5.77. The van der Waals surface area contributed by atoms with Gasteiger partial charge in [-0.3, -0.25) is 0 Å². The molecule has 16 heavy (non-hydrogen) atoms. The van der Waals surface area contributed by atoms with Gasteiger partial charge in [0.25, 0.3) is 6.43 Å². The van der Waals surface area contributed by atoms with E-state index in [9.17, 15) is 13.2 Å². The highest BCUT2D eigenvalue weighted by molar-refractivity contribution is 6.31. The Balaban J connectivity index is 2.77. The van der Waals surface area contributed by atoms with Crippen molar-refractivity contribution >= 4 is 11.6 Å². The number of hydrogen-bond acceptors (Lipinski definition) is 1. The molecule has 0 fully saturated rings. The molecule has 0 aliphatic rings. The van der Waals surface area contributed by atoms with Crippen LogP contribution in [0, 0.1) is 5.82 Å². The molecule has 0 amide bonds. The monoisotopic (exact) mass is 251 g/mol. The van der Waals surface area contributed by atoms with Crippen molar-refractivity contribution in [3.8, 4) is 0 Å². The molecule has 1 unspecified atom stereocenters. The van der Waals surface area contributed by atoms with E-state index in [1.807, 2.05) is 0 Å². The summed E-state index contributed by atoms with van der Waals surface area (Å²) in [6.07, 6.45) is -2.38. The molecule has 1 atom stereocenters. The Morgan fingerprint density at radius 3 is 2.56 bits per heavy atom. The molecule has 0 aliphatic heterocycles. The van der Waals surface area contributed by atoms with Gasteiger partial charge in [0.05, 0.1) is 6.04 Å². The third-order valence-electron chi connectivity index (χ3n) is 2.23. The zero-order valence-electron chi connectivity index (χ0n) is 8.81. The number of hydrogen-bond donors (Lipinski definition) is 1. The topological polar surface area (TPSA) is 12.0 Å².